The summed E-state index contributed by atoms with van der Waals surface area (Å²) in [6.07, 6.45) is 2.00. The van der Waals surface area contributed by atoms with Crippen molar-refractivity contribution in [1.82, 2.24) is 14.6 Å². The van der Waals surface area contributed by atoms with Crippen LogP contribution in [-0.4, -0.2) is 27.8 Å². The van der Waals surface area contributed by atoms with Crippen LogP contribution in [-0.2, 0) is 4.74 Å². The van der Waals surface area contributed by atoms with Crippen molar-refractivity contribution in [3.63, 3.8) is 0 Å². The molecule has 1 saturated heterocycles. The summed E-state index contributed by atoms with van der Waals surface area (Å²) >= 11 is 0. The van der Waals surface area contributed by atoms with Crippen LogP contribution in [0.3, 0.4) is 0 Å². The molecule has 0 radical (unpaired) electrons. The fourth-order valence-electron chi connectivity index (χ4n) is 2.35. The highest BCUT2D eigenvalue weighted by Crippen LogP contribution is 2.31. The van der Waals surface area contributed by atoms with E-state index in [0.717, 1.165) is 31.6 Å². The van der Waals surface area contributed by atoms with Gasteiger partial charge in [0.1, 0.15) is 5.82 Å². The van der Waals surface area contributed by atoms with E-state index in [-0.39, 0.29) is 5.95 Å². The van der Waals surface area contributed by atoms with Crippen molar-refractivity contribution < 1.29 is 4.74 Å². The van der Waals surface area contributed by atoms with Crippen molar-refractivity contribution >= 4 is 17.4 Å². The van der Waals surface area contributed by atoms with Gasteiger partial charge in [-0.1, -0.05) is 6.07 Å². The molecule has 3 rings (SSSR count). The number of aromatic nitrogens is 3. The maximum atomic E-state index is 6.13. The van der Waals surface area contributed by atoms with Crippen molar-refractivity contribution in [3.05, 3.63) is 17.7 Å². The molecule has 1 aliphatic heterocycles. The second-order valence-corrected chi connectivity index (χ2v) is 4.30. The third-order valence-corrected chi connectivity index (χ3v) is 3.25. The first kappa shape index (κ1) is 10.3. The largest absolute Gasteiger partial charge is 0.383 e. The van der Waals surface area contributed by atoms with Crippen molar-refractivity contribution in [2.24, 2.45) is 0 Å². The van der Waals surface area contributed by atoms with Crippen LogP contribution < -0.4 is 11.5 Å². The molecule has 90 valence electrons. The van der Waals surface area contributed by atoms with Gasteiger partial charge in [0.05, 0.1) is 0 Å². The normalized spacial score (nSPS) is 17.6. The van der Waals surface area contributed by atoms with E-state index >= 15 is 0 Å². The quantitative estimate of drug-likeness (QED) is 0.759. The molecule has 1 fully saturated rings. The Labute approximate surface area is 98.6 Å². The van der Waals surface area contributed by atoms with Crippen LogP contribution in [0.4, 0.5) is 11.8 Å². The first-order chi connectivity index (χ1) is 8.25. The molecule has 0 atom stereocenters. The summed E-state index contributed by atoms with van der Waals surface area (Å²) in [5.41, 5.74) is 13.5. The van der Waals surface area contributed by atoms with Crippen LogP contribution in [0.15, 0.2) is 12.1 Å². The molecule has 1 aliphatic rings. The monoisotopic (exact) mass is 233 g/mol. The smallest absolute Gasteiger partial charge is 0.240 e. The molecule has 0 aromatic carbocycles. The number of nitrogen functional groups attached to an aromatic ring is 2. The molecule has 0 spiro atoms. The van der Waals surface area contributed by atoms with Crippen LogP contribution >= 0.6 is 0 Å². The third-order valence-electron chi connectivity index (χ3n) is 3.25. The number of hydrogen-bond acceptors (Lipinski definition) is 5. The molecule has 0 amide bonds. The Morgan fingerprint density at radius 3 is 2.76 bits per heavy atom. The van der Waals surface area contributed by atoms with Gasteiger partial charge in [0.15, 0.2) is 5.65 Å². The predicted octanol–water partition coefficient (Wildman–Crippen LogP) is 0.788. The summed E-state index contributed by atoms with van der Waals surface area (Å²) in [7, 11) is 0. The Hall–Kier alpha value is -1.82. The highest BCUT2D eigenvalue weighted by molar-refractivity contribution is 5.54. The average Bonchev–Trinajstić information content (AvgIpc) is 2.72. The van der Waals surface area contributed by atoms with E-state index in [1.165, 1.54) is 0 Å². The molecule has 2 aromatic heterocycles. The topological polar surface area (TPSA) is 91.5 Å². The molecule has 0 bridgehead atoms. The van der Waals surface area contributed by atoms with Crippen LogP contribution in [0, 0.1) is 0 Å². The van der Waals surface area contributed by atoms with Gasteiger partial charge in [-0.15, -0.1) is 5.10 Å². The maximum Gasteiger partial charge on any atom is 0.240 e. The van der Waals surface area contributed by atoms with Gasteiger partial charge in [-0.3, -0.25) is 0 Å². The molecule has 2 aromatic rings. The van der Waals surface area contributed by atoms with E-state index in [4.69, 9.17) is 16.2 Å². The lowest BCUT2D eigenvalue weighted by Crippen LogP contribution is -2.16. The van der Waals surface area contributed by atoms with Crippen LogP contribution in [0.1, 0.15) is 24.3 Å². The number of fused-ring (bicyclic) bond motifs is 1. The van der Waals surface area contributed by atoms with Crippen LogP contribution in [0.25, 0.3) is 5.65 Å². The van der Waals surface area contributed by atoms with Crippen molar-refractivity contribution in [3.8, 4) is 0 Å². The van der Waals surface area contributed by atoms with Gasteiger partial charge in [0.25, 0.3) is 0 Å². The Morgan fingerprint density at radius 2 is 2.00 bits per heavy atom. The number of pyridine rings is 1. The van der Waals surface area contributed by atoms with Gasteiger partial charge in [0.2, 0.25) is 5.95 Å². The molecule has 0 unspecified atom stereocenters. The van der Waals surface area contributed by atoms with Gasteiger partial charge in [0, 0.05) is 13.2 Å². The second-order valence-electron chi connectivity index (χ2n) is 4.30. The zero-order valence-electron chi connectivity index (χ0n) is 9.47. The van der Waals surface area contributed by atoms with E-state index in [9.17, 15) is 0 Å². The Morgan fingerprint density at radius 1 is 1.24 bits per heavy atom. The molecular weight excluding hydrogens is 218 g/mol. The number of anilines is 2. The molecule has 4 N–H and O–H groups in total. The minimum Gasteiger partial charge on any atom is -0.383 e. The van der Waals surface area contributed by atoms with Gasteiger partial charge in [-0.05, 0) is 30.4 Å². The Balaban J connectivity index is 2.06. The standard InChI is InChI=1S/C11H15N5O/c12-10-8(7-3-5-17-6-4-7)1-2-9-14-11(13)15-16(9)10/h1-2,7H,3-6,12H2,(H2,13,15). The Kier molecular flexibility index (Phi) is 2.36. The van der Waals surface area contributed by atoms with Gasteiger partial charge in [-0.25, -0.2) is 0 Å². The van der Waals surface area contributed by atoms with Crippen LogP contribution in [0.2, 0.25) is 0 Å². The lowest BCUT2D eigenvalue weighted by atomic mass is 9.92. The van der Waals surface area contributed by atoms with Crippen molar-refractivity contribution in [1.29, 1.82) is 0 Å². The average molecular weight is 233 g/mol. The third kappa shape index (κ3) is 1.70. The second kappa shape index (κ2) is 3.89. The summed E-state index contributed by atoms with van der Waals surface area (Å²) in [6.45, 7) is 1.59. The molecule has 6 nitrogen and oxygen atoms in total. The highest BCUT2D eigenvalue weighted by Gasteiger charge is 2.20. The summed E-state index contributed by atoms with van der Waals surface area (Å²) in [5, 5.41) is 4.10. The maximum absolute atomic E-state index is 6.13. The molecular formula is C11H15N5O. The number of nitrogens with two attached hydrogens (primary N) is 2. The highest BCUT2D eigenvalue weighted by atomic mass is 16.5. The summed E-state index contributed by atoms with van der Waals surface area (Å²) < 4.78 is 6.97. The van der Waals surface area contributed by atoms with Crippen molar-refractivity contribution in [2.45, 2.75) is 18.8 Å². The van der Waals surface area contributed by atoms with Gasteiger partial charge >= 0.3 is 0 Å². The summed E-state index contributed by atoms with van der Waals surface area (Å²) in [5.74, 6) is 1.33. The van der Waals surface area contributed by atoms with E-state index in [1.807, 2.05) is 12.1 Å². The number of nitrogens with zero attached hydrogens (tertiary/aromatic N) is 3. The predicted molar refractivity (Wildman–Crippen MR) is 64.6 cm³/mol. The lowest BCUT2D eigenvalue weighted by Gasteiger charge is -2.23. The molecule has 3 heterocycles. The molecule has 6 heteroatoms. The van der Waals surface area contributed by atoms with Gasteiger partial charge < -0.3 is 16.2 Å². The first-order valence-electron chi connectivity index (χ1n) is 5.74. The zero-order valence-corrected chi connectivity index (χ0v) is 9.47. The van der Waals surface area contributed by atoms with E-state index < -0.39 is 0 Å². The lowest BCUT2D eigenvalue weighted by molar-refractivity contribution is 0.0854. The fraction of sp³-hybridized carbons (Fsp3) is 0.455. The Bertz CT molecular complexity index is 544. The zero-order chi connectivity index (χ0) is 11.8. The van der Waals surface area contributed by atoms with E-state index in [2.05, 4.69) is 10.1 Å². The van der Waals surface area contributed by atoms with E-state index in [0.29, 0.717) is 17.4 Å². The SMILES string of the molecule is Nc1nc2ccc(C3CCOCC3)c(N)n2n1. The summed E-state index contributed by atoms with van der Waals surface area (Å²) in [6, 6.07) is 3.93. The first-order valence-corrected chi connectivity index (χ1v) is 5.74. The molecule has 17 heavy (non-hydrogen) atoms. The number of ether oxygens (including phenoxy) is 1. The fourth-order valence-corrected chi connectivity index (χ4v) is 2.35. The number of hydrogen-bond donors (Lipinski definition) is 2. The minimum absolute atomic E-state index is 0.251. The molecule has 0 aliphatic carbocycles. The minimum atomic E-state index is 0.251. The van der Waals surface area contributed by atoms with Crippen molar-refractivity contribution in [2.75, 3.05) is 24.7 Å². The van der Waals surface area contributed by atoms with Gasteiger partial charge in [-0.2, -0.15) is 9.50 Å². The van der Waals surface area contributed by atoms with Crippen LogP contribution in [0.5, 0.6) is 0 Å². The number of rotatable bonds is 1. The summed E-state index contributed by atoms with van der Waals surface area (Å²) in [4.78, 5) is 4.09. The van der Waals surface area contributed by atoms with E-state index in [1.54, 1.807) is 4.52 Å². The molecule has 0 saturated carbocycles.